The third-order valence-electron chi connectivity index (χ3n) is 2.83. The summed E-state index contributed by atoms with van der Waals surface area (Å²) in [6.45, 7) is 0. The van der Waals surface area contributed by atoms with E-state index in [2.05, 4.69) is 9.97 Å². The summed E-state index contributed by atoms with van der Waals surface area (Å²) >= 11 is 0. The van der Waals surface area contributed by atoms with Crippen LogP contribution in [0.15, 0.2) is 48.8 Å². The number of benzene rings is 1. The number of aromatic nitrogens is 2. The largest absolute Gasteiger partial charge is 0.346 e. The molecule has 0 spiro atoms. The molecule has 0 bridgehead atoms. The van der Waals surface area contributed by atoms with Crippen molar-refractivity contribution in [2.75, 3.05) is 0 Å². The molecule has 3 rings (SSSR count). The fraction of sp³-hybridized carbons (Fsp3) is 0. The Morgan fingerprint density at radius 2 is 2.11 bits per heavy atom. The van der Waals surface area contributed by atoms with Crippen molar-refractivity contribution in [2.45, 2.75) is 0 Å². The maximum Gasteiger partial charge on any atom is 0.270 e. The number of rotatable bonds is 2. The molecule has 0 fully saturated rings. The van der Waals surface area contributed by atoms with E-state index in [1.165, 1.54) is 6.07 Å². The normalized spacial score (nSPS) is 10.7. The van der Waals surface area contributed by atoms with Gasteiger partial charge in [-0.25, -0.2) is 4.98 Å². The van der Waals surface area contributed by atoms with Crippen molar-refractivity contribution in [2.24, 2.45) is 0 Å². The molecule has 0 unspecified atom stereocenters. The minimum atomic E-state index is -0.390. The molecule has 0 saturated carbocycles. The van der Waals surface area contributed by atoms with Crippen LogP contribution in [0.4, 0.5) is 5.69 Å². The summed E-state index contributed by atoms with van der Waals surface area (Å²) in [6, 6.07) is 10.4. The van der Waals surface area contributed by atoms with Crippen LogP contribution < -0.4 is 0 Å². The lowest BCUT2D eigenvalue weighted by Crippen LogP contribution is -1.88. The van der Waals surface area contributed by atoms with E-state index in [1.807, 2.05) is 18.2 Å². The van der Waals surface area contributed by atoms with E-state index in [1.54, 1.807) is 24.5 Å². The van der Waals surface area contributed by atoms with Crippen LogP contribution in [0, 0.1) is 10.1 Å². The molecular weight excluding hydrogens is 230 g/mol. The molecule has 2 aromatic heterocycles. The highest BCUT2D eigenvalue weighted by atomic mass is 16.6. The molecule has 0 aliphatic carbocycles. The Balaban J connectivity index is 2.23. The summed E-state index contributed by atoms with van der Waals surface area (Å²) in [6.07, 6.45) is 3.49. The molecule has 0 radical (unpaired) electrons. The maximum atomic E-state index is 10.8. The van der Waals surface area contributed by atoms with Gasteiger partial charge >= 0.3 is 0 Å². The second-order valence-corrected chi connectivity index (χ2v) is 3.91. The smallest absolute Gasteiger partial charge is 0.270 e. The minimum absolute atomic E-state index is 0.0907. The van der Waals surface area contributed by atoms with E-state index < -0.39 is 0 Å². The van der Waals surface area contributed by atoms with Gasteiger partial charge in [-0.15, -0.1) is 0 Å². The molecule has 18 heavy (non-hydrogen) atoms. The number of non-ortho nitro benzene ring substituents is 1. The van der Waals surface area contributed by atoms with Crippen molar-refractivity contribution in [3.05, 3.63) is 58.9 Å². The predicted octanol–water partition coefficient (Wildman–Crippen LogP) is 3.14. The van der Waals surface area contributed by atoms with Crippen LogP contribution in [0.1, 0.15) is 0 Å². The molecular formula is C13H9N3O2. The van der Waals surface area contributed by atoms with Gasteiger partial charge < -0.3 is 4.98 Å². The van der Waals surface area contributed by atoms with Gasteiger partial charge in [0.25, 0.3) is 5.69 Å². The van der Waals surface area contributed by atoms with E-state index in [9.17, 15) is 10.1 Å². The molecule has 0 aliphatic heterocycles. The van der Waals surface area contributed by atoms with Crippen molar-refractivity contribution in [3.63, 3.8) is 0 Å². The third kappa shape index (κ3) is 1.62. The van der Waals surface area contributed by atoms with Crippen molar-refractivity contribution in [1.29, 1.82) is 0 Å². The zero-order chi connectivity index (χ0) is 12.5. The fourth-order valence-corrected chi connectivity index (χ4v) is 2.00. The fourth-order valence-electron chi connectivity index (χ4n) is 2.00. The monoisotopic (exact) mass is 239 g/mol. The molecule has 1 aromatic carbocycles. The van der Waals surface area contributed by atoms with Crippen molar-refractivity contribution >= 4 is 16.7 Å². The minimum Gasteiger partial charge on any atom is -0.346 e. The highest BCUT2D eigenvalue weighted by Crippen LogP contribution is 2.29. The van der Waals surface area contributed by atoms with Gasteiger partial charge in [0.15, 0.2) is 0 Å². The molecule has 5 nitrogen and oxygen atoms in total. The highest BCUT2D eigenvalue weighted by Gasteiger charge is 2.09. The molecule has 3 aromatic rings. The summed E-state index contributed by atoms with van der Waals surface area (Å²) in [5, 5.41) is 11.7. The number of fused-ring (bicyclic) bond motifs is 1. The summed E-state index contributed by atoms with van der Waals surface area (Å²) in [4.78, 5) is 17.6. The first-order valence-corrected chi connectivity index (χ1v) is 5.42. The lowest BCUT2D eigenvalue weighted by molar-refractivity contribution is -0.384. The molecule has 0 saturated heterocycles. The van der Waals surface area contributed by atoms with E-state index in [-0.39, 0.29) is 10.6 Å². The van der Waals surface area contributed by atoms with Gasteiger partial charge in [-0.2, -0.15) is 0 Å². The van der Waals surface area contributed by atoms with Crippen LogP contribution in [0.2, 0.25) is 0 Å². The molecule has 2 heterocycles. The zero-order valence-corrected chi connectivity index (χ0v) is 9.33. The third-order valence-corrected chi connectivity index (χ3v) is 2.83. The highest BCUT2D eigenvalue weighted by molar-refractivity contribution is 5.93. The molecule has 0 atom stereocenters. The first-order chi connectivity index (χ1) is 8.75. The number of H-pyrrole nitrogens is 1. The summed E-state index contributed by atoms with van der Waals surface area (Å²) < 4.78 is 0. The number of nitro benzene ring substituents is 1. The average Bonchev–Trinajstić information content (AvgIpc) is 2.87. The molecule has 0 aliphatic rings. The lowest BCUT2D eigenvalue weighted by atomic mass is 10.0. The SMILES string of the molecule is O=[N+]([O-])c1cccc(-c2ccnc3[nH]ccc23)c1. The number of hydrogen-bond acceptors (Lipinski definition) is 3. The Kier molecular flexibility index (Phi) is 2.30. The number of nitrogens with zero attached hydrogens (tertiary/aromatic N) is 2. The second kappa shape index (κ2) is 3.96. The van der Waals surface area contributed by atoms with Crippen LogP contribution in [-0.4, -0.2) is 14.9 Å². The Labute approximate surface area is 102 Å². The van der Waals surface area contributed by atoms with Crippen LogP contribution in [-0.2, 0) is 0 Å². The van der Waals surface area contributed by atoms with Crippen molar-refractivity contribution in [3.8, 4) is 11.1 Å². The molecule has 0 amide bonds. The maximum absolute atomic E-state index is 10.8. The van der Waals surface area contributed by atoms with Gasteiger partial charge in [-0.1, -0.05) is 12.1 Å². The Bertz CT molecular complexity index is 734. The van der Waals surface area contributed by atoms with E-state index in [4.69, 9.17) is 0 Å². The Morgan fingerprint density at radius 3 is 2.94 bits per heavy atom. The van der Waals surface area contributed by atoms with Crippen LogP contribution >= 0.6 is 0 Å². The predicted molar refractivity (Wildman–Crippen MR) is 68.2 cm³/mol. The van der Waals surface area contributed by atoms with Gasteiger partial charge in [-0.05, 0) is 23.3 Å². The first kappa shape index (κ1) is 10.5. The van der Waals surface area contributed by atoms with Gasteiger partial charge in [0.1, 0.15) is 5.65 Å². The summed E-state index contributed by atoms with van der Waals surface area (Å²) in [5.74, 6) is 0. The number of pyridine rings is 1. The van der Waals surface area contributed by atoms with Crippen LogP contribution in [0.25, 0.3) is 22.2 Å². The number of aromatic amines is 1. The van der Waals surface area contributed by atoms with Crippen molar-refractivity contribution in [1.82, 2.24) is 9.97 Å². The summed E-state index contributed by atoms with van der Waals surface area (Å²) in [5.41, 5.74) is 2.62. The zero-order valence-electron chi connectivity index (χ0n) is 9.33. The van der Waals surface area contributed by atoms with Gasteiger partial charge in [0.05, 0.1) is 4.92 Å². The quantitative estimate of drug-likeness (QED) is 0.551. The Morgan fingerprint density at radius 1 is 1.22 bits per heavy atom. The van der Waals surface area contributed by atoms with Gasteiger partial charge in [0, 0.05) is 29.9 Å². The van der Waals surface area contributed by atoms with E-state index >= 15 is 0 Å². The molecule has 88 valence electrons. The summed E-state index contributed by atoms with van der Waals surface area (Å²) in [7, 11) is 0. The van der Waals surface area contributed by atoms with Crippen LogP contribution in [0.3, 0.4) is 0 Å². The average molecular weight is 239 g/mol. The van der Waals surface area contributed by atoms with E-state index in [0.717, 1.165) is 22.2 Å². The standard InChI is InChI=1S/C13H9N3O2/c17-16(18)10-3-1-2-9(8-10)11-4-6-14-13-12(11)5-7-15-13/h1-8H,(H,14,15). The lowest BCUT2D eigenvalue weighted by Gasteiger charge is -2.03. The number of hydrogen-bond donors (Lipinski definition) is 1. The number of nitrogens with one attached hydrogen (secondary N) is 1. The Hall–Kier alpha value is -2.69. The number of nitro groups is 1. The second-order valence-electron chi connectivity index (χ2n) is 3.91. The van der Waals surface area contributed by atoms with Crippen LogP contribution in [0.5, 0.6) is 0 Å². The van der Waals surface area contributed by atoms with Gasteiger partial charge in [-0.3, -0.25) is 10.1 Å². The van der Waals surface area contributed by atoms with E-state index in [0.29, 0.717) is 0 Å². The first-order valence-electron chi connectivity index (χ1n) is 5.42. The molecule has 1 N–H and O–H groups in total. The van der Waals surface area contributed by atoms with Gasteiger partial charge in [0.2, 0.25) is 0 Å². The van der Waals surface area contributed by atoms with Crippen molar-refractivity contribution < 1.29 is 4.92 Å². The topological polar surface area (TPSA) is 71.8 Å². The molecule has 5 heteroatoms.